The third-order valence-corrected chi connectivity index (χ3v) is 7.62. The van der Waals surface area contributed by atoms with Crippen molar-refractivity contribution in [2.75, 3.05) is 25.2 Å². The molecule has 15 heteroatoms. The molecule has 1 aliphatic rings. The molecule has 0 fully saturated rings. The highest BCUT2D eigenvalue weighted by atomic mass is 19.2. The fourth-order valence-electron chi connectivity index (χ4n) is 5.20. The summed E-state index contributed by atoms with van der Waals surface area (Å²) in [6.07, 6.45) is 0.0319. The topological polar surface area (TPSA) is 125 Å². The van der Waals surface area contributed by atoms with Gasteiger partial charge in [0.1, 0.15) is 41.8 Å². The van der Waals surface area contributed by atoms with Crippen molar-refractivity contribution in [3.8, 4) is 11.5 Å². The first kappa shape index (κ1) is 36.4. The average Bonchev–Trinajstić information content (AvgIpc) is 3.26. The Balaban J connectivity index is 1.65. The van der Waals surface area contributed by atoms with Gasteiger partial charge in [-0.25, -0.2) is 27.2 Å². The van der Waals surface area contributed by atoms with Crippen LogP contribution in [0.15, 0.2) is 71.7 Å². The summed E-state index contributed by atoms with van der Waals surface area (Å²) < 4.78 is 80.2. The van der Waals surface area contributed by atoms with Crippen LogP contribution >= 0.6 is 0 Å². The fourth-order valence-corrected chi connectivity index (χ4v) is 5.20. The van der Waals surface area contributed by atoms with Crippen LogP contribution in [0, 0.1) is 23.3 Å². The Morgan fingerprint density at radius 1 is 0.961 bits per heavy atom. The lowest BCUT2D eigenvalue weighted by Crippen LogP contribution is -2.41. The van der Waals surface area contributed by atoms with Crippen LogP contribution in [0.5, 0.6) is 11.5 Å². The number of nitrogens with one attached hydrogen (secondary N) is 1. The van der Waals surface area contributed by atoms with E-state index < -0.39 is 95.0 Å². The highest BCUT2D eigenvalue weighted by Gasteiger charge is 2.36. The van der Waals surface area contributed by atoms with Crippen molar-refractivity contribution < 1.29 is 50.9 Å². The maximum atomic E-state index is 14.5. The van der Waals surface area contributed by atoms with Crippen LogP contribution in [-0.4, -0.2) is 48.4 Å². The van der Waals surface area contributed by atoms with Gasteiger partial charge in [-0.1, -0.05) is 36.4 Å². The third-order valence-electron chi connectivity index (χ3n) is 7.62. The molecule has 5 rings (SSSR count). The molecule has 1 atom stereocenters. The zero-order valence-electron chi connectivity index (χ0n) is 27.9. The minimum Gasteiger partial charge on any atom is -0.489 e. The van der Waals surface area contributed by atoms with E-state index in [0.29, 0.717) is 11.6 Å². The Morgan fingerprint density at radius 3 is 2.33 bits per heavy atom. The van der Waals surface area contributed by atoms with Crippen molar-refractivity contribution in [3.63, 3.8) is 0 Å². The standard InChI is InChI=1S/C36H33F4N3O8/c1-36(2,3)51-35(47)43-16-23(19-49-29-14-27(40)26(39)13-28(29)43)42-17-24(33(45)41-15-21-10-11-22(37)12-25(21)38)31(44)32(30(42)34(46)48-4)50-18-20-8-6-5-7-9-20/h5-14,17,23H,15-16,18-19H2,1-4H3,(H,41,45). The minimum atomic E-state index is -1.28. The number of fused-ring (bicyclic) bond motifs is 1. The summed E-state index contributed by atoms with van der Waals surface area (Å²) in [5.41, 5.74) is -2.79. The van der Waals surface area contributed by atoms with E-state index in [-0.39, 0.29) is 23.6 Å². The number of nitrogens with zero attached hydrogens (tertiary/aromatic N) is 2. The first-order chi connectivity index (χ1) is 24.2. The second kappa shape index (κ2) is 14.9. The van der Waals surface area contributed by atoms with Gasteiger partial charge >= 0.3 is 12.1 Å². The molecular weight excluding hydrogens is 678 g/mol. The van der Waals surface area contributed by atoms with Gasteiger partial charge in [-0.15, -0.1) is 0 Å². The maximum absolute atomic E-state index is 14.5. The zero-order chi connectivity index (χ0) is 37.0. The molecule has 11 nitrogen and oxygen atoms in total. The average molecular weight is 712 g/mol. The van der Waals surface area contributed by atoms with E-state index in [4.69, 9.17) is 18.9 Å². The minimum absolute atomic E-state index is 0.0841. The summed E-state index contributed by atoms with van der Waals surface area (Å²) in [6, 6.07) is 11.7. The van der Waals surface area contributed by atoms with E-state index in [1.165, 1.54) is 0 Å². The molecule has 0 bridgehead atoms. The van der Waals surface area contributed by atoms with Crippen molar-refractivity contribution in [2.45, 2.75) is 45.6 Å². The Kier molecular flexibility index (Phi) is 10.7. The zero-order valence-corrected chi connectivity index (χ0v) is 27.9. The smallest absolute Gasteiger partial charge is 0.415 e. The number of hydrogen-bond acceptors (Lipinski definition) is 8. The van der Waals surface area contributed by atoms with Gasteiger partial charge in [-0.05, 0) is 32.4 Å². The number of ether oxygens (including phenoxy) is 4. The number of amides is 2. The SMILES string of the molecule is COC(=O)c1c(OCc2ccccc2)c(=O)c(C(=O)NCc2ccc(F)cc2F)cn1C1COc2cc(F)c(F)cc2N(C(=O)OC(C)(C)C)C1. The second-order valence-corrected chi connectivity index (χ2v) is 12.4. The number of anilines is 1. The molecule has 1 aromatic heterocycles. The summed E-state index contributed by atoms with van der Waals surface area (Å²) in [5.74, 6) is -7.24. The predicted molar refractivity (Wildman–Crippen MR) is 175 cm³/mol. The highest BCUT2D eigenvalue weighted by Crippen LogP contribution is 2.37. The molecule has 0 radical (unpaired) electrons. The number of aromatic nitrogens is 1. The van der Waals surface area contributed by atoms with Crippen LogP contribution in [0.1, 0.15) is 58.8 Å². The molecular formula is C36H33F4N3O8. The van der Waals surface area contributed by atoms with Gasteiger partial charge in [-0.3, -0.25) is 14.5 Å². The highest BCUT2D eigenvalue weighted by molar-refractivity contribution is 5.97. The van der Waals surface area contributed by atoms with Crippen molar-refractivity contribution in [2.24, 2.45) is 0 Å². The van der Waals surface area contributed by atoms with Gasteiger partial charge in [0.15, 0.2) is 23.1 Å². The first-order valence-electron chi connectivity index (χ1n) is 15.6. The number of esters is 1. The van der Waals surface area contributed by atoms with E-state index in [9.17, 15) is 36.7 Å². The maximum Gasteiger partial charge on any atom is 0.415 e. The van der Waals surface area contributed by atoms with E-state index in [1.54, 1.807) is 51.1 Å². The van der Waals surface area contributed by atoms with Crippen molar-refractivity contribution in [1.29, 1.82) is 0 Å². The lowest BCUT2D eigenvalue weighted by Gasteiger charge is -2.30. The molecule has 4 aromatic rings. The number of rotatable bonds is 8. The van der Waals surface area contributed by atoms with Gasteiger partial charge in [0, 0.05) is 36.5 Å². The van der Waals surface area contributed by atoms with Gasteiger partial charge < -0.3 is 28.8 Å². The molecule has 2 amide bonds. The summed E-state index contributed by atoms with van der Waals surface area (Å²) in [4.78, 5) is 55.5. The van der Waals surface area contributed by atoms with Crippen LogP contribution < -0.4 is 25.1 Å². The van der Waals surface area contributed by atoms with Gasteiger partial charge in [0.25, 0.3) is 5.91 Å². The molecule has 0 saturated heterocycles. The molecule has 1 N–H and O–H groups in total. The largest absolute Gasteiger partial charge is 0.489 e. The van der Waals surface area contributed by atoms with Gasteiger partial charge in [0.2, 0.25) is 5.43 Å². The van der Waals surface area contributed by atoms with Crippen LogP contribution in [0.25, 0.3) is 0 Å². The Hall–Kier alpha value is -5.86. The lowest BCUT2D eigenvalue weighted by molar-refractivity contribution is 0.0572. The molecule has 51 heavy (non-hydrogen) atoms. The van der Waals surface area contributed by atoms with E-state index >= 15 is 0 Å². The molecule has 268 valence electrons. The Morgan fingerprint density at radius 2 is 1.67 bits per heavy atom. The molecule has 1 aliphatic heterocycles. The van der Waals surface area contributed by atoms with E-state index in [1.807, 2.05) is 0 Å². The number of hydrogen-bond donors (Lipinski definition) is 1. The predicted octanol–water partition coefficient (Wildman–Crippen LogP) is 6.08. The summed E-state index contributed by atoms with van der Waals surface area (Å²) in [7, 11) is 1.05. The number of carbonyl (C=O) groups excluding carboxylic acids is 3. The van der Waals surface area contributed by atoms with Crippen molar-refractivity contribution in [3.05, 3.63) is 123 Å². The Bertz CT molecular complexity index is 2030. The molecule has 0 spiro atoms. The molecule has 3 aromatic carbocycles. The number of carbonyl (C=O) groups is 3. The number of pyridine rings is 1. The van der Waals surface area contributed by atoms with Crippen molar-refractivity contribution >= 4 is 23.7 Å². The number of methoxy groups -OCH3 is 1. The molecule has 0 saturated carbocycles. The van der Waals surface area contributed by atoms with Crippen LogP contribution in [0.3, 0.4) is 0 Å². The second-order valence-electron chi connectivity index (χ2n) is 12.4. The van der Waals surface area contributed by atoms with E-state index in [2.05, 4.69) is 5.32 Å². The van der Waals surface area contributed by atoms with Crippen LogP contribution in [0.4, 0.5) is 28.0 Å². The van der Waals surface area contributed by atoms with Crippen LogP contribution in [-0.2, 0) is 22.6 Å². The lowest BCUT2D eigenvalue weighted by atomic mass is 10.1. The Labute approximate surface area is 289 Å². The third kappa shape index (κ3) is 8.31. The monoisotopic (exact) mass is 711 g/mol. The van der Waals surface area contributed by atoms with Crippen molar-refractivity contribution in [1.82, 2.24) is 9.88 Å². The normalized spacial score (nSPS) is 14.1. The summed E-state index contributed by atoms with van der Waals surface area (Å²) >= 11 is 0. The number of benzene rings is 3. The molecule has 1 unspecified atom stereocenters. The van der Waals surface area contributed by atoms with E-state index in [0.717, 1.165) is 47.0 Å². The first-order valence-corrected chi connectivity index (χ1v) is 15.6. The van der Waals surface area contributed by atoms with Gasteiger partial charge in [-0.2, -0.15) is 0 Å². The fraction of sp³-hybridized carbons (Fsp3) is 0.278. The number of halogens is 4. The molecule has 2 heterocycles. The van der Waals surface area contributed by atoms with Crippen LogP contribution in [0.2, 0.25) is 0 Å². The molecule has 0 aliphatic carbocycles. The van der Waals surface area contributed by atoms with Gasteiger partial charge in [0.05, 0.1) is 25.4 Å². The summed E-state index contributed by atoms with van der Waals surface area (Å²) in [5, 5.41) is 2.42. The summed E-state index contributed by atoms with van der Waals surface area (Å²) in [6.45, 7) is 3.27. The quantitative estimate of drug-likeness (QED) is 0.172.